The number of rotatable bonds is 1. The second-order valence-corrected chi connectivity index (χ2v) is 5.37. The van der Waals surface area contributed by atoms with Crippen LogP contribution in [0.3, 0.4) is 0 Å². The van der Waals surface area contributed by atoms with Crippen molar-refractivity contribution in [3.8, 4) is 0 Å². The van der Waals surface area contributed by atoms with E-state index in [1.165, 1.54) is 6.07 Å². The minimum atomic E-state index is -4.33. The van der Waals surface area contributed by atoms with Gasteiger partial charge < -0.3 is 4.74 Å². The quantitative estimate of drug-likeness (QED) is 0.695. The Kier molecular flexibility index (Phi) is 3.60. The summed E-state index contributed by atoms with van der Waals surface area (Å²) in [5, 5.41) is -0.0571. The van der Waals surface area contributed by atoms with E-state index in [-0.39, 0.29) is 5.38 Å². The molecule has 0 bridgehead atoms. The van der Waals surface area contributed by atoms with Crippen LogP contribution in [0.5, 0.6) is 0 Å². The number of halogens is 4. The smallest absolute Gasteiger partial charge is 0.370 e. The Balaban J connectivity index is 2.33. The van der Waals surface area contributed by atoms with Crippen LogP contribution >= 0.6 is 11.6 Å². The molecule has 100 valence electrons. The van der Waals surface area contributed by atoms with E-state index >= 15 is 0 Å². The molecule has 1 fully saturated rings. The van der Waals surface area contributed by atoms with Gasteiger partial charge in [0, 0.05) is 12.0 Å². The Bertz CT molecular complexity index is 432. The maximum absolute atomic E-state index is 12.7. The molecule has 2 rings (SSSR count). The van der Waals surface area contributed by atoms with Gasteiger partial charge in [-0.05, 0) is 37.5 Å². The fourth-order valence-electron chi connectivity index (χ4n) is 2.22. The van der Waals surface area contributed by atoms with Gasteiger partial charge in [0.1, 0.15) is 0 Å². The molecule has 0 saturated carbocycles. The molecule has 1 aromatic rings. The Morgan fingerprint density at radius 3 is 2.72 bits per heavy atom. The van der Waals surface area contributed by atoms with Crippen molar-refractivity contribution in [2.45, 2.75) is 36.9 Å². The first-order valence-corrected chi connectivity index (χ1v) is 6.21. The zero-order chi connectivity index (χ0) is 13.4. The lowest BCUT2D eigenvalue weighted by Crippen LogP contribution is -2.35. The molecule has 5 heteroatoms. The molecule has 1 heterocycles. The molecule has 0 aliphatic carbocycles. The van der Waals surface area contributed by atoms with Crippen LogP contribution in [0, 0.1) is 0 Å². The van der Waals surface area contributed by atoms with Crippen LogP contribution in [0.25, 0.3) is 0 Å². The number of hydrogen-bond donors (Lipinski definition) is 0. The van der Waals surface area contributed by atoms with Crippen LogP contribution in [-0.4, -0.2) is 12.0 Å². The predicted molar refractivity (Wildman–Crippen MR) is 63.6 cm³/mol. The summed E-state index contributed by atoms with van der Waals surface area (Å²) in [6.45, 7) is 2.26. The molecule has 0 N–H and O–H groups in total. The fourth-order valence-corrected chi connectivity index (χ4v) is 2.60. The second-order valence-electron chi connectivity index (χ2n) is 4.75. The van der Waals surface area contributed by atoms with E-state index in [0.29, 0.717) is 18.6 Å². The lowest BCUT2D eigenvalue weighted by Gasteiger charge is -2.37. The first kappa shape index (κ1) is 13.7. The van der Waals surface area contributed by atoms with E-state index in [9.17, 15) is 13.2 Å². The molecule has 2 atom stereocenters. The van der Waals surface area contributed by atoms with Gasteiger partial charge in [-0.25, -0.2) is 0 Å². The van der Waals surface area contributed by atoms with Crippen molar-refractivity contribution in [1.29, 1.82) is 0 Å². The van der Waals surface area contributed by atoms with Crippen LogP contribution in [0.4, 0.5) is 13.2 Å². The van der Waals surface area contributed by atoms with Crippen molar-refractivity contribution in [2.75, 3.05) is 6.61 Å². The molecular weight excluding hydrogens is 265 g/mol. The summed E-state index contributed by atoms with van der Waals surface area (Å²) < 4.78 is 43.6. The summed E-state index contributed by atoms with van der Waals surface area (Å²) in [4.78, 5) is 0. The summed E-state index contributed by atoms with van der Waals surface area (Å²) >= 11 is 6.08. The lowest BCUT2D eigenvalue weighted by molar-refractivity contribution is -0.138. The summed E-state index contributed by atoms with van der Waals surface area (Å²) in [5.74, 6) is 0. The topological polar surface area (TPSA) is 9.23 Å². The molecule has 2 unspecified atom stereocenters. The highest BCUT2D eigenvalue weighted by Gasteiger charge is 2.37. The van der Waals surface area contributed by atoms with Crippen molar-refractivity contribution in [1.82, 2.24) is 0 Å². The number of alkyl halides is 4. The Hall–Kier alpha value is -0.740. The van der Waals surface area contributed by atoms with Gasteiger partial charge in [0.05, 0.1) is 11.2 Å². The van der Waals surface area contributed by atoms with Crippen LogP contribution in [0.2, 0.25) is 0 Å². The number of benzene rings is 1. The highest BCUT2D eigenvalue weighted by atomic mass is 35.5. The molecule has 0 aromatic heterocycles. The fraction of sp³-hybridized carbons (Fsp3) is 0.538. The summed E-state index contributed by atoms with van der Waals surface area (Å²) in [6, 6.07) is 5.28. The van der Waals surface area contributed by atoms with Gasteiger partial charge >= 0.3 is 6.18 Å². The zero-order valence-corrected chi connectivity index (χ0v) is 10.7. The summed E-state index contributed by atoms with van der Waals surface area (Å²) in [7, 11) is 0. The SMILES string of the molecule is CC1(c2cccc(C(F)(F)F)c2)CC(Cl)CCO1. The normalized spacial score (nSPS) is 29.3. The maximum atomic E-state index is 12.7. The van der Waals surface area contributed by atoms with E-state index < -0.39 is 17.3 Å². The molecule has 1 aromatic carbocycles. The van der Waals surface area contributed by atoms with E-state index in [1.807, 2.05) is 0 Å². The van der Waals surface area contributed by atoms with Crippen LogP contribution < -0.4 is 0 Å². The molecule has 1 aliphatic rings. The molecule has 0 spiro atoms. The number of hydrogen-bond acceptors (Lipinski definition) is 1. The minimum absolute atomic E-state index is 0.0571. The summed E-state index contributed by atoms with van der Waals surface area (Å²) in [5.41, 5.74) is -0.851. The zero-order valence-electron chi connectivity index (χ0n) is 9.93. The Morgan fingerprint density at radius 1 is 1.39 bits per heavy atom. The van der Waals surface area contributed by atoms with Crippen molar-refractivity contribution in [2.24, 2.45) is 0 Å². The molecule has 0 radical (unpaired) electrons. The Morgan fingerprint density at radius 2 is 2.11 bits per heavy atom. The van der Waals surface area contributed by atoms with Gasteiger partial charge in [0.25, 0.3) is 0 Å². The number of ether oxygens (including phenoxy) is 1. The van der Waals surface area contributed by atoms with E-state index in [0.717, 1.165) is 18.6 Å². The monoisotopic (exact) mass is 278 g/mol. The van der Waals surface area contributed by atoms with Crippen molar-refractivity contribution in [3.05, 3.63) is 35.4 Å². The van der Waals surface area contributed by atoms with Gasteiger partial charge in [0.15, 0.2) is 0 Å². The minimum Gasteiger partial charge on any atom is -0.370 e. The van der Waals surface area contributed by atoms with Gasteiger partial charge in [-0.1, -0.05) is 12.1 Å². The van der Waals surface area contributed by atoms with Crippen LogP contribution in [0.15, 0.2) is 24.3 Å². The van der Waals surface area contributed by atoms with Gasteiger partial charge in [0.2, 0.25) is 0 Å². The van der Waals surface area contributed by atoms with Crippen LogP contribution in [-0.2, 0) is 16.5 Å². The third kappa shape index (κ3) is 2.81. The Labute approximate surface area is 109 Å². The molecule has 18 heavy (non-hydrogen) atoms. The summed E-state index contributed by atoms with van der Waals surface area (Å²) in [6.07, 6.45) is -3.08. The van der Waals surface area contributed by atoms with Crippen molar-refractivity contribution in [3.63, 3.8) is 0 Å². The van der Waals surface area contributed by atoms with Crippen molar-refractivity contribution < 1.29 is 17.9 Å². The first-order valence-electron chi connectivity index (χ1n) is 5.77. The molecule has 1 nitrogen and oxygen atoms in total. The largest absolute Gasteiger partial charge is 0.416 e. The van der Waals surface area contributed by atoms with Crippen molar-refractivity contribution >= 4 is 11.6 Å². The average molecular weight is 279 g/mol. The average Bonchev–Trinajstić information content (AvgIpc) is 2.28. The predicted octanol–water partition coefficient (Wildman–Crippen LogP) is 4.34. The molecule has 1 saturated heterocycles. The van der Waals surface area contributed by atoms with Gasteiger partial charge in [-0.2, -0.15) is 13.2 Å². The first-order chi connectivity index (χ1) is 8.31. The molecule has 0 amide bonds. The highest BCUT2D eigenvalue weighted by molar-refractivity contribution is 6.20. The lowest BCUT2D eigenvalue weighted by atomic mass is 9.87. The third-order valence-corrected chi connectivity index (χ3v) is 3.64. The standard InChI is InChI=1S/C13H14ClF3O/c1-12(8-11(14)5-6-18-12)9-3-2-4-10(7-9)13(15,16)17/h2-4,7,11H,5-6,8H2,1H3. The second kappa shape index (κ2) is 4.74. The molecular formula is C13H14ClF3O. The van der Waals surface area contributed by atoms with Crippen LogP contribution in [0.1, 0.15) is 30.9 Å². The van der Waals surface area contributed by atoms with E-state index in [2.05, 4.69) is 0 Å². The van der Waals surface area contributed by atoms with E-state index in [1.54, 1.807) is 13.0 Å². The highest BCUT2D eigenvalue weighted by Crippen LogP contribution is 2.39. The van der Waals surface area contributed by atoms with E-state index in [4.69, 9.17) is 16.3 Å². The third-order valence-electron chi connectivity index (χ3n) is 3.26. The van der Waals surface area contributed by atoms with Gasteiger partial charge in [-0.15, -0.1) is 11.6 Å². The molecule has 1 aliphatic heterocycles. The maximum Gasteiger partial charge on any atom is 0.416 e. The van der Waals surface area contributed by atoms with Gasteiger partial charge in [-0.3, -0.25) is 0 Å².